The lowest BCUT2D eigenvalue weighted by Crippen LogP contribution is -1.93. The van der Waals surface area contributed by atoms with Crippen molar-refractivity contribution in [2.45, 2.75) is 0 Å². The summed E-state index contributed by atoms with van der Waals surface area (Å²) < 4.78 is 0. The summed E-state index contributed by atoms with van der Waals surface area (Å²) in [6.45, 7) is 0. The highest BCUT2D eigenvalue weighted by Gasteiger charge is 2.19. The predicted molar refractivity (Wildman–Crippen MR) is 153 cm³/mol. The van der Waals surface area contributed by atoms with Crippen LogP contribution in [0.3, 0.4) is 0 Å². The van der Waals surface area contributed by atoms with Gasteiger partial charge in [-0.15, -0.1) is 0 Å². The smallest absolute Gasteiger partial charge is 0.0708 e. The Bertz CT molecular complexity index is 1810. The molecule has 7 aromatic rings. The van der Waals surface area contributed by atoms with Crippen LogP contribution in [0.2, 0.25) is 0 Å². The van der Waals surface area contributed by atoms with Crippen molar-refractivity contribution in [2.24, 2.45) is 0 Å². The molecule has 0 bridgehead atoms. The maximum Gasteiger partial charge on any atom is 0.0708 e. The minimum absolute atomic E-state index is 1.01. The van der Waals surface area contributed by atoms with E-state index >= 15 is 0 Å². The standard InChI is InChI=1S/C35H23N/c1-3-12-24(13-4-1)31-22-26-16-11-21-36-33(26)23-32(31)35-29-19-9-7-17-27(29)34(25-14-5-2-6-15-25)28-18-8-10-20-30(28)35/h1-23H. The molecule has 0 atom stereocenters. The van der Waals surface area contributed by atoms with Crippen LogP contribution >= 0.6 is 0 Å². The molecule has 1 aromatic heterocycles. The van der Waals surface area contributed by atoms with E-state index in [9.17, 15) is 0 Å². The van der Waals surface area contributed by atoms with Gasteiger partial charge < -0.3 is 0 Å². The monoisotopic (exact) mass is 457 g/mol. The third-order valence-corrected chi connectivity index (χ3v) is 7.09. The summed E-state index contributed by atoms with van der Waals surface area (Å²) in [4.78, 5) is 4.73. The zero-order chi connectivity index (χ0) is 23.9. The minimum atomic E-state index is 1.01. The van der Waals surface area contributed by atoms with Gasteiger partial charge in [0.15, 0.2) is 0 Å². The summed E-state index contributed by atoms with van der Waals surface area (Å²) in [6, 6.07) is 47.8. The van der Waals surface area contributed by atoms with Crippen LogP contribution in [0.1, 0.15) is 0 Å². The number of pyridine rings is 1. The van der Waals surface area contributed by atoms with Gasteiger partial charge in [0.25, 0.3) is 0 Å². The van der Waals surface area contributed by atoms with Gasteiger partial charge in [0, 0.05) is 11.6 Å². The van der Waals surface area contributed by atoms with Crippen LogP contribution in [0.15, 0.2) is 140 Å². The van der Waals surface area contributed by atoms with E-state index in [2.05, 4.69) is 127 Å². The Morgan fingerprint density at radius 2 is 0.917 bits per heavy atom. The fraction of sp³-hybridized carbons (Fsp3) is 0. The first-order valence-corrected chi connectivity index (χ1v) is 12.3. The largest absolute Gasteiger partial charge is 0.256 e. The zero-order valence-corrected chi connectivity index (χ0v) is 19.7. The number of rotatable bonds is 3. The molecule has 7 rings (SSSR count). The van der Waals surface area contributed by atoms with Crippen LogP contribution in [0.25, 0.3) is 65.8 Å². The van der Waals surface area contributed by atoms with Gasteiger partial charge in [-0.25, -0.2) is 0 Å². The van der Waals surface area contributed by atoms with E-state index in [-0.39, 0.29) is 0 Å². The summed E-state index contributed by atoms with van der Waals surface area (Å²) in [7, 11) is 0. The summed E-state index contributed by atoms with van der Waals surface area (Å²) in [5, 5.41) is 6.18. The summed E-state index contributed by atoms with van der Waals surface area (Å²) in [5.41, 5.74) is 8.42. The molecule has 0 spiro atoms. The zero-order valence-electron chi connectivity index (χ0n) is 19.7. The molecule has 0 aliphatic carbocycles. The Hall–Kier alpha value is -4.75. The van der Waals surface area contributed by atoms with Gasteiger partial charge in [-0.2, -0.15) is 0 Å². The predicted octanol–water partition coefficient (Wildman–Crippen LogP) is 9.54. The van der Waals surface area contributed by atoms with Gasteiger partial charge >= 0.3 is 0 Å². The number of hydrogen-bond donors (Lipinski definition) is 0. The molecule has 0 saturated carbocycles. The number of fused-ring (bicyclic) bond motifs is 3. The van der Waals surface area contributed by atoms with Crippen LogP contribution in [-0.2, 0) is 0 Å². The van der Waals surface area contributed by atoms with Gasteiger partial charge in [-0.3, -0.25) is 4.98 Å². The van der Waals surface area contributed by atoms with Crippen molar-refractivity contribution < 1.29 is 0 Å². The van der Waals surface area contributed by atoms with E-state index in [1.807, 2.05) is 12.3 Å². The van der Waals surface area contributed by atoms with Crippen LogP contribution in [-0.4, -0.2) is 4.98 Å². The van der Waals surface area contributed by atoms with Gasteiger partial charge in [-0.05, 0) is 73.1 Å². The van der Waals surface area contributed by atoms with E-state index in [1.165, 1.54) is 54.9 Å². The molecule has 0 unspecified atom stereocenters. The number of benzene rings is 6. The molecule has 36 heavy (non-hydrogen) atoms. The summed E-state index contributed by atoms with van der Waals surface area (Å²) in [5.74, 6) is 0. The molecule has 0 saturated heterocycles. The van der Waals surface area contributed by atoms with Gasteiger partial charge in [-0.1, -0.05) is 115 Å². The summed E-state index contributed by atoms with van der Waals surface area (Å²) >= 11 is 0. The first kappa shape index (κ1) is 20.6. The Kier molecular flexibility index (Phi) is 4.85. The third kappa shape index (κ3) is 3.29. The lowest BCUT2D eigenvalue weighted by atomic mass is 9.83. The Morgan fingerprint density at radius 3 is 1.53 bits per heavy atom. The molecule has 0 N–H and O–H groups in total. The maximum atomic E-state index is 4.73. The number of nitrogens with zero attached hydrogens (tertiary/aromatic N) is 1. The van der Waals surface area contributed by atoms with Crippen molar-refractivity contribution in [2.75, 3.05) is 0 Å². The summed E-state index contributed by atoms with van der Waals surface area (Å²) in [6.07, 6.45) is 1.88. The topological polar surface area (TPSA) is 12.9 Å². The lowest BCUT2D eigenvalue weighted by Gasteiger charge is -2.20. The Morgan fingerprint density at radius 1 is 0.389 bits per heavy atom. The second kappa shape index (κ2) is 8.48. The molecule has 0 aliphatic heterocycles. The Balaban J connectivity index is 1.68. The molecular formula is C35H23N. The van der Waals surface area contributed by atoms with Gasteiger partial charge in [0.05, 0.1) is 5.52 Å². The molecule has 6 aromatic carbocycles. The van der Waals surface area contributed by atoms with Gasteiger partial charge in [0.2, 0.25) is 0 Å². The minimum Gasteiger partial charge on any atom is -0.256 e. The second-order valence-corrected chi connectivity index (χ2v) is 9.17. The molecule has 0 radical (unpaired) electrons. The van der Waals surface area contributed by atoms with Crippen LogP contribution in [0.5, 0.6) is 0 Å². The van der Waals surface area contributed by atoms with Crippen LogP contribution < -0.4 is 0 Å². The molecule has 0 fully saturated rings. The van der Waals surface area contributed by atoms with Crippen molar-refractivity contribution in [3.8, 4) is 33.4 Å². The average molecular weight is 458 g/mol. The van der Waals surface area contributed by atoms with Crippen molar-refractivity contribution in [1.82, 2.24) is 4.98 Å². The molecule has 168 valence electrons. The molecule has 1 heteroatoms. The normalized spacial score (nSPS) is 11.3. The van der Waals surface area contributed by atoms with Gasteiger partial charge in [0.1, 0.15) is 0 Å². The highest BCUT2D eigenvalue weighted by atomic mass is 14.6. The van der Waals surface area contributed by atoms with Crippen LogP contribution in [0.4, 0.5) is 0 Å². The molecule has 1 nitrogen and oxygen atoms in total. The fourth-order valence-corrected chi connectivity index (χ4v) is 5.52. The fourth-order valence-electron chi connectivity index (χ4n) is 5.52. The molecule has 0 aliphatic rings. The van der Waals surface area contributed by atoms with E-state index in [0.29, 0.717) is 0 Å². The van der Waals surface area contributed by atoms with Crippen molar-refractivity contribution in [3.05, 3.63) is 140 Å². The molecule has 0 amide bonds. The highest BCUT2D eigenvalue weighted by molar-refractivity contribution is 6.22. The first-order chi connectivity index (χ1) is 17.9. The van der Waals surface area contributed by atoms with E-state index < -0.39 is 0 Å². The van der Waals surface area contributed by atoms with Crippen molar-refractivity contribution in [1.29, 1.82) is 0 Å². The quantitative estimate of drug-likeness (QED) is 0.241. The maximum absolute atomic E-state index is 4.73. The van der Waals surface area contributed by atoms with Crippen LogP contribution in [0, 0.1) is 0 Å². The second-order valence-electron chi connectivity index (χ2n) is 9.17. The van der Waals surface area contributed by atoms with E-state index in [4.69, 9.17) is 4.98 Å². The lowest BCUT2D eigenvalue weighted by molar-refractivity contribution is 1.41. The van der Waals surface area contributed by atoms with Crippen molar-refractivity contribution in [3.63, 3.8) is 0 Å². The highest BCUT2D eigenvalue weighted by Crippen LogP contribution is 2.46. The number of aromatic nitrogens is 1. The Labute approximate surface area is 210 Å². The molecular weight excluding hydrogens is 434 g/mol. The first-order valence-electron chi connectivity index (χ1n) is 12.3. The van der Waals surface area contributed by atoms with E-state index in [0.717, 1.165) is 10.9 Å². The third-order valence-electron chi connectivity index (χ3n) is 7.09. The molecule has 1 heterocycles. The van der Waals surface area contributed by atoms with E-state index in [1.54, 1.807) is 0 Å². The van der Waals surface area contributed by atoms with Crippen molar-refractivity contribution >= 4 is 32.4 Å². The number of hydrogen-bond acceptors (Lipinski definition) is 1. The average Bonchev–Trinajstić information content (AvgIpc) is 2.96. The SMILES string of the molecule is c1ccc(-c2cc3cccnc3cc2-c2c3ccccc3c(-c3ccccc3)c3ccccc23)cc1.